The lowest BCUT2D eigenvalue weighted by molar-refractivity contribution is -0.0221. The number of carbonyl (C=O) groups is 1. The highest BCUT2D eigenvalue weighted by atomic mass is 35.5. The number of rotatable bonds is 5. The number of piperidine rings is 1. The Morgan fingerprint density at radius 2 is 1.88 bits per heavy atom. The van der Waals surface area contributed by atoms with Gasteiger partial charge in [0.05, 0.1) is 28.5 Å². The minimum atomic E-state index is -2.65. The number of alkyl halides is 2. The van der Waals surface area contributed by atoms with Crippen LogP contribution < -0.4 is 10.2 Å². The van der Waals surface area contributed by atoms with E-state index in [0.717, 1.165) is 11.1 Å². The average Bonchev–Trinajstić information content (AvgIpc) is 2.74. The van der Waals surface area contributed by atoms with E-state index >= 15 is 0 Å². The topological polar surface area (TPSA) is 91.2 Å². The summed E-state index contributed by atoms with van der Waals surface area (Å²) in [6.07, 6.45) is -0.432. The Bertz CT molecular complexity index is 1230. The fourth-order valence-electron chi connectivity index (χ4n) is 4.11. The van der Waals surface area contributed by atoms with E-state index < -0.39 is 11.9 Å². The van der Waals surface area contributed by atoms with Crippen molar-refractivity contribution in [2.45, 2.75) is 45.6 Å². The maximum atomic E-state index is 13.7. The number of aromatic nitrogens is 3. The molecule has 7 nitrogen and oxygen atoms in total. The van der Waals surface area contributed by atoms with Crippen molar-refractivity contribution in [3.8, 4) is 0 Å². The number of hydrogen-bond donors (Lipinski definition) is 2. The molecule has 174 valence electrons. The minimum Gasteiger partial charge on any atom is -0.476 e. The molecule has 1 aliphatic rings. The van der Waals surface area contributed by atoms with Crippen LogP contribution in [0.1, 0.15) is 53.1 Å². The number of fused-ring (bicyclic) bond motifs is 1. The molecule has 0 spiro atoms. The number of halogens is 3. The fourth-order valence-corrected chi connectivity index (χ4v) is 4.26. The summed E-state index contributed by atoms with van der Waals surface area (Å²) in [5.41, 5.74) is 3.94. The standard InChI is InChI=1S/C23H24ClF2N5O2/c1-12-10-15(13(2)27-16-4-5-18(24)29-20(16)22(32)33)19-17(11-12)28-14(3)21(30-19)31-8-6-23(25,26)7-9-31/h4-5,10-11,13,27H,6-9H2,1-3H3,(H,32,33). The smallest absolute Gasteiger partial charge is 0.356 e. The summed E-state index contributed by atoms with van der Waals surface area (Å²) in [5, 5.41) is 12.8. The summed E-state index contributed by atoms with van der Waals surface area (Å²) in [7, 11) is 0. The number of nitrogens with one attached hydrogen (secondary N) is 1. The lowest BCUT2D eigenvalue weighted by Crippen LogP contribution is -2.40. The van der Waals surface area contributed by atoms with Gasteiger partial charge in [-0.1, -0.05) is 17.7 Å². The van der Waals surface area contributed by atoms with Gasteiger partial charge in [-0.05, 0) is 44.5 Å². The molecule has 1 unspecified atom stereocenters. The van der Waals surface area contributed by atoms with Crippen LogP contribution in [-0.2, 0) is 0 Å². The van der Waals surface area contributed by atoms with E-state index in [9.17, 15) is 18.7 Å². The van der Waals surface area contributed by atoms with Crippen LogP contribution in [0.4, 0.5) is 20.3 Å². The molecule has 33 heavy (non-hydrogen) atoms. The number of aromatic carboxylic acids is 1. The van der Waals surface area contributed by atoms with Crippen molar-refractivity contribution in [1.82, 2.24) is 15.0 Å². The van der Waals surface area contributed by atoms with Crippen molar-refractivity contribution < 1.29 is 18.7 Å². The van der Waals surface area contributed by atoms with E-state index in [1.807, 2.05) is 37.8 Å². The molecule has 0 aliphatic carbocycles. The van der Waals surface area contributed by atoms with Gasteiger partial charge < -0.3 is 15.3 Å². The molecule has 3 aromatic rings. The Balaban J connectivity index is 1.74. The first-order chi connectivity index (χ1) is 15.5. The molecule has 10 heteroatoms. The number of aryl methyl sites for hydroxylation is 2. The molecule has 1 aliphatic heterocycles. The lowest BCUT2D eigenvalue weighted by atomic mass is 10.0. The van der Waals surface area contributed by atoms with Crippen molar-refractivity contribution in [3.05, 3.63) is 51.9 Å². The highest BCUT2D eigenvalue weighted by Crippen LogP contribution is 2.33. The van der Waals surface area contributed by atoms with Crippen molar-refractivity contribution in [1.29, 1.82) is 0 Å². The maximum Gasteiger partial charge on any atom is 0.356 e. The molecule has 0 amide bonds. The second-order valence-electron chi connectivity index (χ2n) is 8.40. The summed E-state index contributed by atoms with van der Waals surface area (Å²) >= 11 is 5.86. The Morgan fingerprint density at radius 3 is 2.55 bits per heavy atom. The summed E-state index contributed by atoms with van der Waals surface area (Å²) in [4.78, 5) is 26.9. The monoisotopic (exact) mass is 475 g/mol. The van der Waals surface area contributed by atoms with Crippen LogP contribution in [0.2, 0.25) is 5.15 Å². The predicted octanol–water partition coefficient (Wildman–Crippen LogP) is 5.40. The first kappa shape index (κ1) is 23.1. The van der Waals surface area contributed by atoms with Gasteiger partial charge in [0.2, 0.25) is 0 Å². The maximum absolute atomic E-state index is 13.7. The second kappa shape index (κ2) is 8.70. The van der Waals surface area contributed by atoms with Crippen LogP contribution in [0, 0.1) is 13.8 Å². The number of carboxylic acid groups (broad SMARTS) is 1. The van der Waals surface area contributed by atoms with Crippen molar-refractivity contribution >= 4 is 40.1 Å². The summed E-state index contributed by atoms with van der Waals surface area (Å²) in [6, 6.07) is 6.63. The van der Waals surface area contributed by atoms with Gasteiger partial charge in [0, 0.05) is 31.5 Å². The van der Waals surface area contributed by atoms with Gasteiger partial charge in [0.1, 0.15) is 5.15 Å². The minimum absolute atomic E-state index is 0.0877. The van der Waals surface area contributed by atoms with Crippen LogP contribution >= 0.6 is 11.6 Å². The lowest BCUT2D eigenvalue weighted by Gasteiger charge is -2.33. The first-order valence-corrected chi connectivity index (χ1v) is 11.0. The van der Waals surface area contributed by atoms with Crippen LogP contribution in [0.3, 0.4) is 0 Å². The van der Waals surface area contributed by atoms with Crippen LogP contribution in [0.5, 0.6) is 0 Å². The molecule has 2 N–H and O–H groups in total. The Labute approximate surface area is 194 Å². The quantitative estimate of drug-likeness (QED) is 0.477. The van der Waals surface area contributed by atoms with Gasteiger partial charge in [-0.25, -0.2) is 28.5 Å². The zero-order chi connectivity index (χ0) is 23.9. The zero-order valence-corrected chi connectivity index (χ0v) is 19.2. The summed E-state index contributed by atoms with van der Waals surface area (Å²) < 4.78 is 27.3. The number of pyridine rings is 1. The Morgan fingerprint density at radius 1 is 1.18 bits per heavy atom. The normalized spacial score (nSPS) is 16.6. The molecule has 4 rings (SSSR count). The number of benzene rings is 1. The number of carboxylic acids is 1. The summed E-state index contributed by atoms with van der Waals surface area (Å²) in [5.74, 6) is -3.25. The van der Waals surface area contributed by atoms with E-state index in [4.69, 9.17) is 21.6 Å². The van der Waals surface area contributed by atoms with Crippen molar-refractivity contribution in [2.24, 2.45) is 0 Å². The molecule has 1 fully saturated rings. The Kier molecular flexibility index (Phi) is 6.09. The molecule has 1 atom stereocenters. The van der Waals surface area contributed by atoms with E-state index in [2.05, 4.69) is 10.3 Å². The van der Waals surface area contributed by atoms with Crippen LogP contribution in [0.25, 0.3) is 11.0 Å². The van der Waals surface area contributed by atoms with Gasteiger partial charge >= 0.3 is 5.97 Å². The molecule has 0 saturated carbocycles. The zero-order valence-electron chi connectivity index (χ0n) is 18.5. The van der Waals surface area contributed by atoms with Gasteiger partial charge in [0.25, 0.3) is 5.92 Å². The average molecular weight is 476 g/mol. The predicted molar refractivity (Wildman–Crippen MR) is 124 cm³/mol. The molecule has 3 heterocycles. The van der Waals surface area contributed by atoms with Gasteiger partial charge in [-0.2, -0.15) is 0 Å². The van der Waals surface area contributed by atoms with E-state index in [-0.39, 0.29) is 42.8 Å². The third kappa shape index (κ3) is 4.83. The van der Waals surface area contributed by atoms with Crippen LogP contribution in [0.15, 0.2) is 24.3 Å². The third-order valence-corrected chi connectivity index (χ3v) is 6.00. The molecule has 2 aromatic heterocycles. The Hall–Kier alpha value is -3.07. The molecule has 0 radical (unpaired) electrons. The second-order valence-corrected chi connectivity index (χ2v) is 8.79. The van der Waals surface area contributed by atoms with E-state index in [1.165, 1.54) is 6.07 Å². The SMILES string of the molecule is Cc1cc(C(C)Nc2ccc(Cl)nc2C(=O)O)c2nc(N3CCC(F)(F)CC3)c(C)nc2c1. The molecular formula is C23H24ClF2N5O2. The van der Waals surface area contributed by atoms with Crippen molar-refractivity contribution in [3.63, 3.8) is 0 Å². The number of anilines is 2. The number of hydrogen-bond acceptors (Lipinski definition) is 6. The molecular weight excluding hydrogens is 452 g/mol. The fraction of sp³-hybridized carbons (Fsp3) is 0.391. The van der Waals surface area contributed by atoms with Gasteiger partial charge in [-0.15, -0.1) is 0 Å². The molecule has 1 saturated heterocycles. The van der Waals surface area contributed by atoms with Gasteiger partial charge in [0.15, 0.2) is 11.5 Å². The largest absolute Gasteiger partial charge is 0.476 e. The third-order valence-electron chi connectivity index (χ3n) is 5.79. The molecule has 0 bridgehead atoms. The summed E-state index contributed by atoms with van der Waals surface area (Å²) in [6.45, 7) is 6.08. The van der Waals surface area contributed by atoms with Crippen molar-refractivity contribution in [2.75, 3.05) is 23.3 Å². The first-order valence-electron chi connectivity index (χ1n) is 10.6. The highest BCUT2D eigenvalue weighted by Gasteiger charge is 2.35. The highest BCUT2D eigenvalue weighted by molar-refractivity contribution is 6.29. The van der Waals surface area contributed by atoms with E-state index in [1.54, 1.807) is 6.07 Å². The van der Waals surface area contributed by atoms with Gasteiger partial charge in [-0.3, -0.25) is 0 Å². The van der Waals surface area contributed by atoms with Crippen LogP contribution in [-0.4, -0.2) is 45.0 Å². The van der Waals surface area contributed by atoms with E-state index in [0.29, 0.717) is 28.2 Å². The molecule has 1 aromatic carbocycles. The number of nitrogens with zero attached hydrogens (tertiary/aromatic N) is 4.